The lowest BCUT2D eigenvalue weighted by molar-refractivity contribution is -0.153. The van der Waals surface area contributed by atoms with E-state index in [1.807, 2.05) is 34.1 Å². The Morgan fingerprint density at radius 1 is 1.12 bits per heavy atom. The molecule has 0 radical (unpaired) electrons. The number of para-hydroxylation sites is 1. The van der Waals surface area contributed by atoms with Crippen molar-refractivity contribution in [3.05, 3.63) is 29.8 Å². The summed E-state index contributed by atoms with van der Waals surface area (Å²) >= 11 is 0. The standard InChI is InChI=1S/C21H32N2O3/c1-15(24)22(14-17-10-8-9-11-19(17)26-7)18-12-20(3,4)23(16(2)25)21(5,6)13-18/h8-11,18H,12-14H2,1-7H3. The molecule has 26 heavy (non-hydrogen) atoms. The van der Waals surface area contributed by atoms with E-state index in [0.717, 1.165) is 24.2 Å². The summed E-state index contributed by atoms with van der Waals surface area (Å²) in [7, 11) is 1.65. The third-order valence-corrected chi connectivity index (χ3v) is 5.37. The fourth-order valence-electron chi connectivity index (χ4n) is 4.81. The van der Waals surface area contributed by atoms with Gasteiger partial charge in [-0.3, -0.25) is 9.59 Å². The molecule has 0 bridgehead atoms. The van der Waals surface area contributed by atoms with Crippen molar-refractivity contribution in [2.24, 2.45) is 0 Å². The van der Waals surface area contributed by atoms with E-state index in [2.05, 4.69) is 27.7 Å². The van der Waals surface area contributed by atoms with Crippen LogP contribution in [0.2, 0.25) is 0 Å². The highest BCUT2D eigenvalue weighted by atomic mass is 16.5. The smallest absolute Gasteiger partial charge is 0.220 e. The molecule has 0 unspecified atom stereocenters. The van der Waals surface area contributed by atoms with Gasteiger partial charge in [-0.1, -0.05) is 18.2 Å². The molecule has 5 nitrogen and oxygen atoms in total. The molecule has 0 N–H and O–H groups in total. The molecule has 1 aliphatic rings. The molecule has 1 aromatic rings. The topological polar surface area (TPSA) is 49.9 Å². The van der Waals surface area contributed by atoms with Crippen LogP contribution in [0.25, 0.3) is 0 Å². The van der Waals surface area contributed by atoms with E-state index in [-0.39, 0.29) is 28.9 Å². The van der Waals surface area contributed by atoms with Crippen LogP contribution >= 0.6 is 0 Å². The van der Waals surface area contributed by atoms with E-state index in [0.29, 0.717) is 6.54 Å². The maximum absolute atomic E-state index is 12.5. The highest BCUT2D eigenvalue weighted by Crippen LogP contribution is 2.41. The maximum atomic E-state index is 12.5. The Kier molecular flexibility index (Phi) is 5.69. The second kappa shape index (κ2) is 7.29. The van der Waals surface area contributed by atoms with E-state index in [1.165, 1.54) is 0 Å². The highest BCUT2D eigenvalue weighted by Gasteiger charge is 2.48. The third kappa shape index (κ3) is 4.02. The van der Waals surface area contributed by atoms with Crippen molar-refractivity contribution in [3.8, 4) is 5.75 Å². The van der Waals surface area contributed by atoms with Crippen LogP contribution in [-0.2, 0) is 16.1 Å². The number of hydrogen-bond donors (Lipinski definition) is 0. The molecule has 5 heteroatoms. The summed E-state index contributed by atoms with van der Waals surface area (Å²) in [4.78, 5) is 28.6. The molecule has 0 aromatic heterocycles. The van der Waals surface area contributed by atoms with Gasteiger partial charge in [0.15, 0.2) is 0 Å². The van der Waals surface area contributed by atoms with Gasteiger partial charge >= 0.3 is 0 Å². The quantitative estimate of drug-likeness (QED) is 0.824. The fraction of sp³-hybridized carbons (Fsp3) is 0.619. The number of carbonyl (C=O) groups is 2. The van der Waals surface area contributed by atoms with E-state index in [1.54, 1.807) is 21.0 Å². The van der Waals surface area contributed by atoms with Gasteiger partial charge in [-0.15, -0.1) is 0 Å². The first-order valence-corrected chi connectivity index (χ1v) is 9.19. The lowest BCUT2D eigenvalue weighted by atomic mass is 9.76. The highest BCUT2D eigenvalue weighted by molar-refractivity contribution is 5.76. The van der Waals surface area contributed by atoms with Gasteiger partial charge in [0.2, 0.25) is 11.8 Å². The Morgan fingerprint density at radius 2 is 1.65 bits per heavy atom. The molecule has 0 spiro atoms. The molecular formula is C21H32N2O3. The fourth-order valence-corrected chi connectivity index (χ4v) is 4.81. The maximum Gasteiger partial charge on any atom is 0.220 e. The number of amides is 2. The van der Waals surface area contributed by atoms with Gasteiger partial charge in [-0.25, -0.2) is 0 Å². The Morgan fingerprint density at radius 3 is 2.12 bits per heavy atom. The molecule has 1 fully saturated rings. The molecule has 0 atom stereocenters. The van der Waals surface area contributed by atoms with Crippen LogP contribution in [0.15, 0.2) is 24.3 Å². The van der Waals surface area contributed by atoms with E-state index in [4.69, 9.17) is 4.74 Å². The summed E-state index contributed by atoms with van der Waals surface area (Å²) in [5, 5.41) is 0. The number of piperidine rings is 1. The van der Waals surface area contributed by atoms with Crippen molar-refractivity contribution in [2.45, 2.75) is 78.0 Å². The van der Waals surface area contributed by atoms with E-state index < -0.39 is 0 Å². The van der Waals surface area contributed by atoms with E-state index >= 15 is 0 Å². The summed E-state index contributed by atoms with van der Waals surface area (Å²) in [6, 6.07) is 7.87. The number of rotatable bonds is 4. The van der Waals surface area contributed by atoms with Crippen LogP contribution in [-0.4, -0.2) is 45.8 Å². The number of benzene rings is 1. The SMILES string of the molecule is COc1ccccc1CN(C(C)=O)C1CC(C)(C)N(C(C)=O)C(C)(C)C1. The summed E-state index contributed by atoms with van der Waals surface area (Å²) in [6.45, 7) is 12.1. The Labute approximate surface area is 157 Å². The molecule has 1 aliphatic heterocycles. The van der Waals surface area contributed by atoms with Gasteiger partial charge in [0.25, 0.3) is 0 Å². The van der Waals surface area contributed by atoms with Crippen molar-refractivity contribution in [2.75, 3.05) is 7.11 Å². The number of ether oxygens (including phenoxy) is 1. The monoisotopic (exact) mass is 360 g/mol. The number of likely N-dealkylation sites (tertiary alicyclic amines) is 1. The molecule has 144 valence electrons. The third-order valence-electron chi connectivity index (χ3n) is 5.37. The van der Waals surface area contributed by atoms with Gasteiger partial charge in [-0.2, -0.15) is 0 Å². The number of methoxy groups -OCH3 is 1. The largest absolute Gasteiger partial charge is 0.496 e. The summed E-state index contributed by atoms with van der Waals surface area (Å²) in [6.07, 6.45) is 1.51. The predicted molar refractivity (Wildman–Crippen MR) is 103 cm³/mol. The Hall–Kier alpha value is -2.04. The minimum absolute atomic E-state index is 0.0452. The molecule has 1 aromatic carbocycles. The summed E-state index contributed by atoms with van der Waals surface area (Å²) in [5.41, 5.74) is 0.370. The number of hydrogen-bond acceptors (Lipinski definition) is 3. The van der Waals surface area contributed by atoms with Crippen molar-refractivity contribution < 1.29 is 14.3 Å². The Balaban J connectivity index is 2.34. The van der Waals surface area contributed by atoms with Gasteiger partial charge in [0, 0.05) is 43.1 Å². The van der Waals surface area contributed by atoms with Crippen molar-refractivity contribution in [1.29, 1.82) is 0 Å². The van der Waals surface area contributed by atoms with Crippen LogP contribution in [0, 0.1) is 0 Å². The first-order valence-electron chi connectivity index (χ1n) is 9.19. The zero-order valence-corrected chi connectivity index (χ0v) is 17.1. The van der Waals surface area contributed by atoms with Crippen molar-refractivity contribution in [3.63, 3.8) is 0 Å². The zero-order chi connectivity index (χ0) is 19.7. The summed E-state index contributed by atoms with van der Waals surface area (Å²) < 4.78 is 5.45. The normalized spacial score (nSPS) is 19.1. The average molecular weight is 360 g/mol. The van der Waals surface area contributed by atoms with Crippen LogP contribution in [0.5, 0.6) is 5.75 Å². The zero-order valence-electron chi connectivity index (χ0n) is 17.1. The second-order valence-electron chi connectivity index (χ2n) is 8.50. The van der Waals surface area contributed by atoms with Crippen LogP contribution in [0.3, 0.4) is 0 Å². The molecule has 1 saturated heterocycles. The minimum atomic E-state index is -0.313. The summed E-state index contributed by atoms with van der Waals surface area (Å²) in [5.74, 6) is 0.916. The molecule has 0 aliphatic carbocycles. The second-order valence-corrected chi connectivity index (χ2v) is 8.50. The van der Waals surface area contributed by atoms with Gasteiger partial charge in [0.1, 0.15) is 5.75 Å². The first-order chi connectivity index (χ1) is 12.0. The van der Waals surface area contributed by atoms with Crippen LogP contribution in [0.4, 0.5) is 0 Å². The molecule has 2 rings (SSSR count). The van der Waals surface area contributed by atoms with Gasteiger partial charge in [-0.05, 0) is 46.6 Å². The van der Waals surface area contributed by atoms with Crippen molar-refractivity contribution >= 4 is 11.8 Å². The Bertz CT molecular complexity index is 664. The average Bonchev–Trinajstić information content (AvgIpc) is 2.49. The van der Waals surface area contributed by atoms with Crippen molar-refractivity contribution in [1.82, 2.24) is 9.80 Å². The van der Waals surface area contributed by atoms with Crippen LogP contribution in [0.1, 0.15) is 59.9 Å². The molecule has 0 saturated carbocycles. The van der Waals surface area contributed by atoms with Gasteiger partial charge < -0.3 is 14.5 Å². The first kappa shape index (κ1) is 20.3. The molecule has 1 heterocycles. The number of carbonyl (C=O) groups excluding carboxylic acids is 2. The predicted octanol–water partition coefficient (Wildman–Crippen LogP) is 3.61. The lowest BCUT2D eigenvalue weighted by Crippen LogP contribution is -2.65. The molecule has 2 amide bonds. The number of nitrogens with zero attached hydrogens (tertiary/aromatic N) is 2. The minimum Gasteiger partial charge on any atom is -0.496 e. The van der Waals surface area contributed by atoms with Gasteiger partial charge in [0.05, 0.1) is 7.11 Å². The molecular weight excluding hydrogens is 328 g/mol. The van der Waals surface area contributed by atoms with E-state index in [9.17, 15) is 9.59 Å². The lowest BCUT2D eigenvalue weighted by Gasteiger charge is -2.56. The van der Waals surface area contributed by atoms with Crippen LogP contribution < -0.4 is 4.74 Å².